The van der Waals surface area contributed by atoms with Gasteiger partial charge in [-0.05, 0) is 47.1 Å². The van der Waals surface area contributed by atoms with Crippen LogP contribution in [-0.2, 0) is 20.9 Å². The maximum Gasteiger partial charge on any atom is 0.454 e. The molecule has 0 radical (unpaired) electrons. The monoisotopic (exact) mass is 455 g/mol. The quantitative estimate of drug-likeness (QED) is 0.564. The van der Waals surface area contributed by atoms with Crippen LogP contribution < -0.4 is 4.72 Å². The number of carbonyl (C=O) groups is 1. The van der Waals surface area contributed by atoms with E-state index in [4.69, 9.17) is 0 Å². The fourth-order valence-electron chi connectivity index (χ4n) is 3.10. The Labute approximate surface area is 181 Å². The third kappa shape index (κ3) is 5.67. The Morgan fingerprint density at radius 2 is 1.45 bits per heavy atom. The van der Waals surface area contributed by atoms with Crippen LogP contribution in [-0.4, -0.2) is 20.4 Å². The molecule has 0 bridgehead atoms. The molecule has 0 saturated heterocycles. The van der Waals surface area contributed by atoms with Crippen LogP contribution in [0.4, 0.5) is 18.9 Å². The first-order chi connectivity index (χ1) is 13.8. The molecule has 1 N–H and O–H groups in total. The second-order valence-electron chi connectivity index (χ2n) is 9.69. The summed E-state index contributed by atoms with van der Waals surface area (Å²) < 4.78 is 68.3. The van der Waals surface area contributed by atoms with Crippen LogP contribution in [0.5, 0.6) is 0 Å². The number of alkyl halides is 3. The Kier molecular flexibility index (Phi) is 6.40. The molecule has 0 aromatic heterocycles. The molecule has 0 heterocycles. The van der Waals surface area contributed by atoms with Crippen molar-refractivity contribution in [2.45, 2.75) is 70.4 Å². The first-order valence-corrected chi connectivity index (χ1v) is 11.2. The van der Waals surface area contributed by atoms with Crippen molar-refractivity contribution in [1.82, 2.24) is 0 Å². The molecule has 2 aromatic rings. The third-order valence-electron chi connectivity index (χ3n) is 4.86. The van der Waals surface area contributed by atoms with Crippen molar-refractivity contribution in [3.8, 4) is 0 Å². The van der Waals surface area contributed by atoms with E-state index in [0.717, 1.165) is 11.6 Å². The van der Waals surface area contributed by atoms with Gasteiger partial charge in [-0.3, -0.25) is 9.52 Å². The molecule has 0 fully saturated rings. The van der Waals surface area contributed by atoms with Gasteiger partial charge in [0.25, 0.3) is 15.8 Å². The Balaban J connectivity index is 2.67. The molecule has 0 spiro atoms. The number of halogens is 3. The summed E-state index contributed by atoms with van der Waals surface area (Å²) >= 11 is 0. The predicted molar refractivity (Wildman–Crippen MR) is 116 cm³/mol. The lowest BCUT2D eigenvalue weighted by atomic mass is 9.85. The summed E-state index contributed by atoms with van der Waals surface area (Å²) in [5.74, 6) is -2.10. The van der Waals surface area contributed by atoms with Crippen molar-refractivity contribution in [2.24, 2.45) is 0 Å². The topological polar surface area (TPSA) is 63.2 Å². The lowest BCUT2D eigenvalue weighted by molar-refractivity contribution is -0.0884. The highest BCUT2D eigenvalue weighted by Gasteiger charge is 2.41. The van der Waals surface area contributed by atoms with E-state index in [1.54, 1.807) is 32.9 Å². The van der Waals surface area contributed by atoms with E-state index in [1.807, 2.05) is 27.7 Å². The lowest BCUT2D eigenvalue weighted by Crippen LogP contribution is -2.27. The smallest absolute Gasteiger partial charge is 0.284 e. The molecular formula is C23H28F3NO3S. The molecule has 0 aliphatic rings. The van der Waals surface area contributed by atoms with Crippen molar-refractivity contribution >= 4 is 21.5 Å². The summed E-state index contributed by atoms with van der Waals surface area (Å²) in [6.45, 7) is 12.7. The van der Waals surface area contributed by atoms with Gasteiger partial charge >= 0.3 is 6.18 Å². The Morgan fingerprint density at radius 1 is 0.871 bits per heavy atom. The zero-order chi connectivity index (χ0) is 24.0. The lowest BCUT2D eigenvalue weighted by Gasteiger charge is -2.25. The molecule has 0 aliphatic heterocycles. The second-order valence-corrected chi connectivity index (χ2v) is 11.3. The fraction of sp³-hybridized carbons (Fsp3) is 0.435. The molecule has 2 aromatic carbocycles. The molecule has 0 saturated carbocycles. The molecule has 8 heteroatoms. The normalized spacial score (nSPS) is 13.2. The highest BCUT2D eigenvalue weighted by atomic mass is 32.2. The van der Waals surface area contributed by atoms with E-state index < -0.39 is 44.1 Å². The van der Waals surface area contributed by atoms with Crippen molar-refractivity contribution < 1.29 is 26.4 Å². The molecule has 0 aliphatic carbocycles. The third-order valence-corrected chi connectivity index (χ3v) is 6.29. The minimum atomic E-state index is -5.14. The van der Waals surface area contributed by atoms with E-state index in [2.05, 4.69) is 4.72 Å². The van der Waals surface area contributed by atoms with Gasteiger partial charge in [-0.15, -0.1) is 0 Å². The molecule has 0 amide bonds. The summed E-state index contributed by atoms with van der Waals surface area (Å²) in [5.41, 5.74) is -0.343. The number of sulfonamides is 1. The summed E-state index contributed by atoms with van der Waals surface area (Å²) in [5, 5.41) is 0. The van der Waals surface area contributed by atoms with E-state index >= 15 is 0 Å². The minimum Gasteiger partial charge on any atom is -0.284 e. The number of benzene rings is 2. The van der Waals surface area contributed by atoms with E-state index in [-0.39, 0.29) is 4.90 Å². The van der Waals surface area contributed by atoms with Crippen LogP contribution in [0.1, 0.15) is 68.6 Å². The summed E-state index contributed by atoms with van der Waals surface area (Å²) in [6, 6.07) is 8.61. The largest absolute Gasteiger partial charge is 0.454 e. The number of aryl methyl sites for hydroxylation is 1. The van der Waals surface area contributed by atoms with Gasteiger partial charge in [0, 0.05) is 0 Å². The Hall–Kier alpha value is -2.35. The van der Waals surface area contributed by atoms with Gasteiger partial charge in [-0.1, -0.05) is 65.3 Å². The van der Waals surface area contributed by atoms with Crippen LogP contribution in [0.2, 0.25) is 0 Å². The second kappa shape index (κ2) is 7.97. The number of hydrogen-bond acceptors (Lipinski definition) is 3. The number of carbonyl (C=O) groups excluding carboxylic acids is 1. The molecule has 0 atom stereocenters. The van der Waals surface area contributed by atoms with Gasteiger partial charge < -0.3 is 0 Å². The van der Waals surface area contributed by atoms with Crippen LogP contribution in [0, 0.1) is 6.92 Å². The minimum absolute atomic E-state index is 0.0455. The number of hydrogen-bond donors (Lipinski definition) is 1. The van der Waals surface area contributed by atoms with E-state index in [0.29, 0.717) is 11.1 Å². The molecule has 31 heavy (non-hydrogen) atoms. The van der Waals surface area contributed by atoms with Gasteiger partial charge in [0.15, 0.2) is 0 Å². The van der Waals surface area contributed by atoms with Crippen molar-refractivity contribution in [2.75, 3.05) is 4.72 Å². The van der Waals surface area contributed by atoms with E-state index in [9.17, 15) is 26.4 Å². The zero-order valence-corrected chi connectivity index (χ0v) is 19.5. The molecule has 0 unspecified atom stereocenters. The van der Waals surface area contributed by atoms with Gasteiger partial charge in [0.2, 0.25) is 0 Å². The van der Waals surface area contributed by atoms with Crippen LogP contribution in [0.15, 0.2) is 41.3 Å². The van der Waals surface area contributed by atoms with Gasteiger partial charge in [-0.25, -0.2) is 8.42 Å². The molecular weight excluding hydrogens is 427 g/mol. The molecule has 170 valence electrons. The maximum atomic E-state index is 13.2. The number of nitrogens with one attached hydrogen (secondary N) is 1. The van der Waals surface area contributed by atoms with Gasteiger partial charge in [0.1, 0.15) is 0 Å². The predicted octanol–water partition coefficient (Wildman–Crippen LogP) is 6.14. The number of ketones is 1. The summed E-state index contributed by atoms with van der Waals surface area (Å²) in [4.78, 5) is 12.1. The van der Waals surface area contributed by atoms with Crippen molar-refractivity contribution in [3.63, 3.8) is 0 Å². The van der Waals surface area contributed by atoms with Gasteiger partial charge in [0.05, 0.1) is 16.1 Å². The first-order valence-electron chi connectivity index (χ1n) is 9.74. The SMILES string of the molecule is Cc1ccc(S(=O)(=O)Nc2ccc(C(C)(C)C)cc2C(=O)C(F)(F)F)c(C(C)(C)C)c1. The number of rotatable bonds is 4. The van der Waals surface area contributed by atoms with E-state index in [1.165, 1.54) is 18.2 Å². The Bertz CT molecular complexity index is 1110. The fourth-order valence-corrected chi connectivity index (χ4v) is 4.58. The number of Topliss-reactive ketones (excluding diaryl/α,β-unsaturated/α-hetero) is 1. The maximum absolute atomic E-state index is 13.2. The van der Waals surface area contributed by atoms with Crippen LogP contribution in [0.25, 0.3) is 0 Å². The van der Waals surface area contributed by atoms with Crippen molar-refractivity contribution in [1.29, 1.82) is 0 Å². The van der Waals surface area contributed by atoms with Crippen LogP contribution in [0.3, 0.4) is 0 Å². The number of anilines is 1. The molecule has 4 nitrogen and oxygen atoms in total. The zero-order valence-electron chi connectivity index (χ0n) is 18.7. The Morgan fingerprint density at radius 3 is 1.94 bits per heavy atom. The summed E-state index contributed by atoms with van der Waals surface area (Å²) in [6.07, 6.45) is -5.14. The standard InChI is InChI=1S/C23H28F3NO3S/c1-14-8-11-19(17(12-14)22(5,6)7)31(29,30)27-18-10-9-15(21(2,3)4)13-16(18)20(28)23(24,25)26/h8-13,27H,1-7H3. The highest BCUT2D eigenvalue weighted by molar-refractivity contribution is 7.92. The van der Waals surface area contributed by atoms with Gasteiger partial charge in [-0.2, -0.15) is 13.2 Å². The van der Waals surface area contributed by atoms with Crippen LogP contribution >= 0.6 is 0 Å². The highest BCUT2D eigenvalue weighted by Crippen LogP contribution is 2.34. The summed E-state index contributed by atoms with van der Waals surface area (Å²) in [7, 11) is -4.26. The van der Waals surface area contributed by atoms with Crippen molar-refractivity contribution in [3.05, 3.63) is 58.7 Å². The molecule has 2 rings (SSSR count). The average Bonchev–Trinajstić information content (AvgIpc) is 2.58. The first kappa shape index (κ1) is 24.9. The average molecular weight is 456 g/mol.